The molecule has 18 heavy (non-hydrogen) atoms. The van der Waals surface area contributed by atoms with E-state index in [2.05, 4.69) is 5.32 Å². The molecule has 1 heterocycles. The van der Waals surface area contributed by atoms with E-state index in [9.17, 15) is 0 Å². The summed E-state index contributed by atoms with van der Waals surface area (Å²) in [7, 11) is 0. The van der Waals surface area contributed by atoms with Crippen molar-refractivity contribution in [3.63, 3.8) is 0 Å². The standard InChI is InChI=1S/C13H10Cl2N2O/c14-9-1-3-12(15)11(7-9)13-4-2-10(18-13)8-17-6-5-16/h1-4,7,17H,6,8H2. The molecule has 1 N–H and O–H groups in total. The van der Waals surface area contributed by atoms with Crippen molar-refractivity contribution in [3.05, 3.63) is 46.1 Å². The maximum atomic E-state index is 8.42. The molecule has 0 spiro atoms. The van der Waals surface area contributed by atoms with Crippen molar-refractivity contribution in [3.8, 4) is 17.4 Å². The number of hydrogen-bond donors (Lipinski definition) is 1. The first-order chi connectivity index (χ1) is 8.70. The molecule has 1 aromatic carbocycles. The Morgan fingerprint density at radius 1 is 1.22 bits per heavy atom. The lowest BCUT2D eigenvalue weighted by atomic mass is 10.2. The Kier molecular flexibility index (Phi) is 4.27. The summed E-state index contributed by atoms with van der Waals surface area (Å²) in [5.41, 5.74) is 0.760. The second kappa shape index (κ2) is 5.92. The molecule has 0 atom stereocenters. The first-order valence-electron chi connectivity index (χ1n) is 5.32. The minimum atomic E-state index is 0.286. The summed E-state index contributed by atoms with van der Waals surface area (Å²) < 4.78 is 5.64. The second-order valence-corrected chi connectivity index (χ2v) is 4.50. The number of furan rings is 1. The first-order valence-corrected chi connectivity index (χ1v) is 6.08. The molecule has 0 unspecified atom stereocenters. The van der Waals surface area contributed by atoms with Crippen LogP contribution >= 0.6 is 23.2 Å². The molecule has 0 aliphatic rings. The summed E-state index contributed by atoms with van der Waals surface area (Å²) in [6.45, 7) is 0.791. The second-order valence-electron chi connectivity index (χ2n) is 3.65. The van der Waals surface area contributed by atoms with Crippen LogP contribution in [-0.2, 0) is 6.54 Å². The van der Waals surface area contributed by atoms with E-state index >= 15 is 0 Å². The molecule has 0 fully saturated rings. The maximum Gasteiger partial charge on any atom is 0.135 e. The number of halogens is 2. The maximum absolute atomic E-state index is 8.42. The molecule has 0 aliphatic carbocycles. The number of nitriles is 1. The van der Waals surface area contributed by atoms with E-state index in [1.165, 1.54) is 0 Å². The zero-order valence-corrected chi connectivity index (χ0v) is 10.9. The van der Waals surface area contributed by atoms with Gasteiger partial charge >= 0.3 is 0 Å². The molecule has 2 rings (SSSR count). The van der Waals surface area contributed by atoms with Crippen molar-refractivity contribution in [1.82, 2.24) is 5.32 Å². The fraction of sp³-hybridized carbons (Fsp3) is 0.154. The predicted molar refractivity (Wildman–Crippen MR) is 71.5 cm³/mol. The largest absolute Gasteiger partial charge is 0.460 e. The highest BCUT2D eigenvalue weighted by Gasteiger charge is 2.09. The number of nitrogens with zero attached hydrogens (tertiary/aromatic N) is 1. The van der Waals surface area contributed by atoms with Gasteiger partial charge in [0.2, 0.25) is 0 Å². The third-order valence-electron chi connectivity index (χ3n) is 2.36. The van der Waals surface area contributed by atoms with Crippen LogP contribution in [-0.4, -0.2) is 6.54 Å². The minimum absolute atomic E-state index is 0.286. The Bertz CT molecular complexity index is 587. The molecular formula is C13H10Cl2N2O. The van der Waals surface area contributed by atoms with Gasteiger partial charge in [-0.25, -0.2) is 0 Å². The highest BCUT2D eigenvalue weighted by molar-refractivity contribution is 6.35. The van der Waals surface area contributed by atoms with Gasteiger partial charge in [-0.1, -0.05) is 23.2 Å². The Labute approximate surface area is 115 Å². The van der Waals surface area contributed by atoms with Gasteiger partial charge in [0.25, 0.3) is 0 Å². The van der Waals surface area contributed by atoms with E-state index in [4.69, 9.17) is 32.9 Å². The Morgan fingerprint density at radius 3 is 2.83 bits per heavy atom. The van der Waals surface area contributed by atoms with E-state index in [0.29, 0.717) is 22.4 Å². The molecule has 3 nitrogen and oxygen atoms in total. The normalized spacial score (nSPS) is 10.3. The molecule has 2 aromatic rings. The summed E-state index contributed by atoms with van der Waals surface area (Å²) in [5, 5.41) is 12.5. The smallest absolute Gasteiger partial charge is 0.135 e. The number of benzene rings is 1. The molecule has 0 aliphatic heterocycles. The summed E-state index contributed by atoms with van der Waals surface area (Å²) in [6, 6.07) is 10.9. The highest BCUT2D eigenvalue weighted by atomic mass is 35.5. The average Bonchev–Trinajstić information content (AvgIpc) is 2.81. The summed E-state index contributed by atoms with van der Waals surface area (Å²) in [5.74, 6) is 1.41. The SMILES string of the molecule is N#CCNCc1ccc(-c2cc(Cl)ccc2Cl)o1. The van der Waals surface area contributed by atoms with Gasteiger partial charge in [0, 0.05) is 10.6 Å². The van der Waals surface area contributed by atoms with Crippen LogP contribution in [0.25, 0.3) is 11.3 Å². The van der Waals surface area contributed by atoms with E-state index < -0.39 is 0 Å². The quantitative estimate of drug-likeness (QED) is 0.683. The molecule has 1 aromatic heterocycles. The van der Waals surface area contributed by atoms with Crippen LogP contribution in [0.4, 0.5) is 0 Å². The van der Waals surface area contributed by atoms with Crippen LogP contribution in [0, 0.1) is 11.3 Å². The third-order valence-corrected chi connectivity index (χ3v) is 2.92. The van der Waals surface area contributed by atoms with Gasteiger partial charge in [0.05, 0.1) is 24.2 Å². The topological polar surface area (TPSA) is 49.0 Å². The average molecular weight is 281 g/mol. The zero-order chi connectivity index (χ0) is 13.0. The van der Waals surface area contributed by atoms with Gasteiger partial charge < -0.3 is 4.42 Å². The lowest BCUT2D eigenvalue weighted by Gasteiger charge is -2.01. The van der Waals surface area contributed by atoms with Gasteiger partial charge in [-0.15, -0.1) is 0 Å². The zero-order valence-electron chi connectivity index (χ0n) is 9.41. The fourth-order valence-electron chi connectivity index (χ4n) is 1.55. The summed E-state index contributed by atoms with van der Waals surface area (Å²) in [4.78, 5) is 0. The number of rotatable bonds is 4. The van der Waals surface area contributed by atoms with E-state index in [0.717, 1.165) is 11.3 Å². The summed E-state index contributed by atoms with van der Waals surface area (Å²) >= 11 is 12.0. The van der Waals surface area contributed by atoms with Crippen LogP contribution in [0.5, 0.6) is 0 Å². The molecule has 0 saturated heterocycles. The lowest BCUT2D eigenvalue weighted by Crippen LogP contribution is -2.12. The van der Waals surface area contributed by atoms with Crippen molar-refractivity contribution in [1.29, 1.82) is 5.26 Å². The summed E-state index contributed by atoms with van der Waals surface area (Å²) in [6.07, 6.45) is 0. The molecular weight excluding hydrogens is 271 g/mol. The fourth-order valence-corrected chi connectivity index (χ4v) is 1.93. The van der Waals surface area contributed by atoms with Gasteiger partial charge in [0.15, 0.2) is 0 Å². The van der Waals surface area contributed by atoms with Gasteiger partial charge in [0.1, 0.15) is 11.5 Å². The van der Waals surface area contributed by atoms with Crippen molar-refractivity contribution >= 4 is 23.2 Å². The van der Waals surface area contributed by atoms with Crippen molar-refractivity contribution in [2.24, 2.45) is 0 Å². The van der Waals surface area contributed by atoms with Crippen LogP contribution < -0.4 is 5.32 Å². The molecule has 0 bridgehead atoms. The van der Waals surface area contributed by atoms with Crippen LogP contribution in [0.3, 0.4) is 0 Å². The Balaban J connectivity index is 2.19. The number of hydrogen-bond acceptors (Lipinski definition) is 3. The van der Waals surface area contributed by atoms with Crippen molar-refractivity contribution in [2.75, 3.05) is 6.54 Å². The van der Waals surface area contributed by atoms with Gasteiger partial charge in [-0.05, 0) is 30.3 Å². The Hall–Kier alpha value is -1.47. The Morgan fingerprint density at radius 2 is 2.06 bits per heavy atom. The van der Waals surface area contributed by atoms with Crippen LogP contribution in [0.15, 0.2) is 34.7 Å². The van der Waals surface area contributed by atoms with E-state index in [1.807, 2.05) is 18.2 Å². The molecule has 0 amide bonds. The first kappa shape index (κ1) is 13.0. The van der Waals surface area contributed by atoms with Crippen LogP contribution in [0.2, 0.25) is 10.0 Å². The van der Waals surface area contributed by atoms with E-state index in [1.54, 1.807) is 18.2 Å². The number of nitrogens with one attached hydrogen (secondary N) is 1. The highest BCUT2D eigenvalue weighted by Crippen LogP contribution is 2.31. The third kappa shape index (κ3) is 3.05. The van der Waals surface area contributed by atoms with Crippen molar-refractivity contribution in [2.45, 2.75) is 6.54 Å². The van der Waals surface area contributed by atoms with Gasteiger partial charge in [-0.3, -0.25) is 5.32 Å². The van der Waals surface area contributed by atoms with Gasteiger partial charge in [-0.2, -0.15) is 5.26 Å². The molecule has 0 radical (unpaired) electrons. The van der Waals surface area contributed by atoms with Crippen LogP contribution in [0.1, 0.15) is 5.76 Å². The van der Waals surface area contributed by atoms with E-state index in [-0.39, 0.29) is 6.54 Å². The minimum Gasteiger partial charge on any atom is -0.460 e. The monoisotopic (exact) mass is 280 g/mol. The predicted octanol–water partition coefficient (Wildman–Crippen LogP) is 3.87. The molecule has 92 valence electrons. The molecule has 5 heteroatoms. The lowest BCUT2D eigenvalue weighted by molar-refractivity contribution is 0.502. The van der Waals surface area contributed by atoms with Crippen molar-refractivity contribution < 1.29 is 4.42 Å². The molecule has 0 saturated carbocycles.